The number of fused-ring (bicyclic) bond motifs is 1. The molecule has 3 aromatic rings. The number of ether oxygens (including phenoxy) is 1. The number of hydrogen-bond acceptors (Lipinski definition) is 5. The van der Waals surface area contributed by atoms with Crippen LogP contribution in [0.3, 0.4) is 0 Å². The van der Waals surface area contributed by atoms with Gasteiger partial charge in [0.2, 0.25) is 11.8 Å². The first kappa shape index (κ1) is 19.4. The molecular formula is C23H25N3O3. The summed E-state index contributed by atoms with van der Waals surface area (Å²) in [6.45, 7) is 4.00. The Morgan fingerprint density at radius 2 is 1.86 bits per heavy atom. The summed E-state index contributed by atoms with van der Waals surface area (Å²) in [6.07, 6.45) is 2.87. The van der Waals surface area contributed by atoms with Gasteiger partial charge in [0.05, 0.1) is 11.7 Å². The van der Waals surface area contributed by atoms with E-state index in [9.17, 15) is 9.90 Å². The van der Waals surface area contributed by atoms with Gasteiger partial charge < -0.3 is 15.6 Å². The van der Waals surface area contributed by atoms with E-state index >= 15 is 0 Å². The molecule has 6 heteroatoms. The molecule has 29 heavy (non-hydrogen) atoms. The molecule has 1 atom stereocenters. The Morgan fingerprint density at radius 1 is 1.14 bits per heavy atom. The van der Waals surface area contributed by atoms with Crippen molar-refractivity contribution in [2.45, 2.75) is 31.9 Å². The highest BCUT2D eigenvalue weighted by molar-refractivity contribution is 5.93. The smallest absolute Gasteiger partial charge is 0.250 e. The Morgan fingerprint density at radius 3 is 2.52 bits per heavy atom. The van der Waals surface area contributed by atoms with Gasteiger partial charge in [0.1, 0.15) is 5.75 Å². The van der Waals surface area contributed by atoms with Crippen LogP contribution in [-0.2, 0) is 0 Å². The summed E-state index contributed by atoms with van der Waals surface area (Å²) in [5, 5.41) is 11.9. The molecule has 3 N–H and O–H groups in total. The van der Waals surface area contributed by atoms with E-state index in [1.54, 1.807) is 12.1 Å². The third kappa shape index (κ3) is 4.09. The third-order valence-electron chi connectivity index (χ3n) is 5.65. The van der Waals surface area contributed by atoms with Gasteiger partial charge in [-0.25, -0.2) is 4.98 Å². The van der Waals surface area contributed by atoms with Crippen LogP contribution in [0.25, 0.3) is 10.8 Å². The fourth-order valence-corrected chi connectivity index (χ4v) is 3.92. The zero-order valence-electron chi connectivity index (χ0n) is 16.4. The summed E-state index contributed by atoms with van der Waals surface area (Å²) in [4.78, 5) is 17.8. The van der Waals surface area contributed by atoms with Crippen LogP contribution >= 0.6 is 0 Å². The summed E-state index contributed by atoms with van der Waals surface area (Å²) < 4.78 is 6.01. The topological polar surface area (TPSA) is 88.7 Å². The Kier molecular flexibility index (Phi) is 5.47. The second-order valence-electron chi connectivity index (χ2n) is 7.49. The zero-order chi connectivity index (χ0) is 20.4. The second kappa shape index (κ2) is 8.19. The van der Waals surface area contributed by atoms with Crippen LogP contribution < -0.4 is 10.5 Å². The van der Waals surface area contributed by atoms with Crippen molar-refractivity contribution in [3.05, 3.63) is 65.9 Å². The van der Waals surface area contributed by atoms with E-state index in [1.807, 2.05) is 24.3 Å². The number of primary amides is 1. The number of carbonyl (C=O) groups is 1. The average molecular weight is 391 g/mol. The average Bonchev–Trinajstić information content (AvgIpc) is 2.74. The van der Waals surface area contributed by atoms with Crippen molar-refractivity contribution in [1.82, 2.24) is 9.88 Å². The van der Waals surface area contributed by atoms with Gasteiger partial charge in [0, 0.05) is 36.8 Å². The van der Waals surface area contributed by atoms with Crippen molar-refractivity contribution in [2.75, 3.05) is 13.1 Å². The summed E-state index contributed by atoms with van der Waals surface area (Å²) in [6, 6.07) is 15.7. The van der Waals surface area contributed by atoms with Crippen LogP contribution in [0, 0.1) is 0 Å². The maximum atomic E-state index is 11.2. The number of likely N-dealkylation sites (tertiary alicyclic amines) is 1. The van der Waals surface area contributed by atoms with Crippen molar-refractivity contribution in [3.8, 4) is 11.6 Å². The normalized spacial score (nSPS) is 16.6. The van der Waals surface area contributed by atoms with E-state index < -0.39 is 5.91 Å². The number of piperidine rings is 1. The number of nitrogens with zero attached hydrogens (tertiary/aromatic N) is 2. The molecule has 6 nitrogen and oxygen atoms in total. The summed E-state index contributed by atoms with van der Waals surface area (Å²) in [5.74, 6) is 0.606. The molecule has 1 saturated heterocycles. The highest BCUT2D eigenvalue weighted by atomic mass is 16.5. The van der Waals surface area contributed by atoms with Gasteiger partial charge in [-0.3, -0.25) is 9.69 Å². The number of pyridine rings is 1. The van der Waals surface area contributed by atoms with Crippen molar-refractivity contribution in [3.63, 3.8) is 0 Å². The van der Waals surface area contributed by atoms with Crippen molar-refractivity contribution >= 4 is 16.7 Å². The van der Waals surface area contributed by atoms with E-state index in [-0.39, 0.29) is 12.1 Å². The first-order chi connectivity index (χ1) is 14.0. The molecule has 4 rings (SSSR count). The second-order valence-corrected chi connectivity index (χ2v) is 7.49. The minimum atomic E-state index is -0.516. The first-order valence-corrected chi connectivity index (χ1v) is 9.90. The summed E-state index contributed by atoms with van der Waals surface area (Å²) in [5.41, 5.74) is 6.85. The molecular weight excluding hydrogens is 366 g/mol. The number of carbonyl (C=O) groups excluding carboxylic acids is 1. The molecule has 1 amide bonds. The van der Waals surface area contributed by atoms with Crippen LogP contribution in [0.5, 0.6) is 11.6 Å². The van der Waals surface area contributed by atoms with Gasteiger partial charge in [0.15, 0.2) is 0 Å². The lowest BCUT2D eigenvalue weighted by Gasteiger charge is -2.35. The van der Waals surface area contributed by atoms with Crippen LogP contribution in [0.4, 0.5) is 0 Å². The Bertz CT molecular complexity index is 1010. The van der Waals surface area contributed by atoms with Gasteiger partial charge in [-0.1, -0.05) is 30.3 Å². The molecule has 0 saturated carbocycles. The predicted octanol–water partition coefficient (Wildman–Crippen LogP) is 3.64. The standard InChI is InChI=1S/C23H25N3O3/c1-15(26-12-10-17(27)11-13-26)18-7-8-21(20-5-3-2-4-19(18)20)29-22-9-6-16(14-25-22)23(24)28/h2-9,14-15,17,27H,10-13H2,1H3,(H2,24,28). The molecule has 1 unspecified atom stereocenters. The minimum Gasteiger partial charge on any atom is -0.438 e. The largest absolute Gasteiger partial charge is 0.438 e. The summed E-state index contributed by atoms with van der Waals surface area (Å²) in [7, 11) is 0. The third-order valence-corrected chi connectivity index (χ3v) is 5.65. The molecule has 1 aliphatic heterocycles. The first-order valence-electron chi connectivity index (χ1n) is 9.90. The fourth-order valence-electron chi connectivity index (χ4n) is 3.92. The Hall–Kier alpha value is -2.96. The highest BCUT2D eigenvalue weighted by Gasteiger charge is 2.24. The van der Waals surface area contributed by atoms with E-state index in [1.165, 1.54) is 11.8 Å². The number of nitrogens with two attached hydrogens (primary N) is 1. The molecule has 0 spiro atoms. The van der Waals surface area contributed by atoms with Crippen LogP contribution in [0.2, 0.25) is 0 Å². The summed E-state index contributed by atoms with van der Waals surface area (Å²) >= 11 is 0. The molecule has 0 aliphatic carbocycles. The lowest BCUT2D eigenvalue weighted by Crippen LogP contribution is -2.37. The van der Waals surface area contributed by atoms with E-state index in [4.69, 9.17) is 10.5 Å². The minimum absolute atomic E-state index is 0.181. The van der Waals surface area contributed by atoms with Gasteiger partial charge in [-0.15, -0.1) is 0 Å². The number of aliphatic hydroxyl groups is 1. The van der Waals surface area contributed by atoms with Crippen LogP contribution in [-0.4, -0.2) is 40.1 Å². The lowest BCUT2D eigenvalue weighted by molar-refractivity contribution is 0.0648. The van der Waals surface area contributed by atoms with E-state index in [0.29, 0.717) is 17.2 Å². The monoisotopic (exact) mass is 391 g/mol. The number of hydrogen-bond donors (Lipinski definition) is 2. The number of amides is 1. The van der Waals surface area contributed by atoms with Crippen molar-refractivity contribution in [1.29, 1.82) is 0 Å². The zero-order valence-corrected chi connectivity index (χ0v) is 16.4. The SMILES string of the molecule is CC(c1ccc(Oc2ccc(C(N)=O)cn2)c2ccccc12)N1CCC(O)CC1. The van der Waals surface area contributed by atoms with Crippen molar-refractivity contribution in [2.24, 2.45) is 5.73 Å². The number of benzene rings is 2. The molecule has 2 aromatic carbocycles. The van der Waals surface area contributed by atoms with Gasteiger partial charge >= 0.3 is 0 Å². The van der Waals surface area contributed by atoms with Crippen LogP contribution in [0.15, 0.2) is 54.7 Å². The molecule has 150 valence electrons. The van der Waals surface area contributed by atoms with Crippen molar-refractivity contribution < 1.29 is 14.6 Å². The Balaban J connectivity index is 1.64. The van der Waals surface area contributed by atoms with E-state index in [2.05, 4.69) is 28.9 Å². The maximum Gasteiger partial charge on any atom is 0.250 e. The molecule has 1 fully saturated rings. The van der Waals surface area contributed by atoms with Crippen LogP contribution in [0.1, 0.15) is 41.7 Å². The lowest BCUT2D eigenvalue weighted by atomic mass is 9.96. The van der Waals surface area contributed by atoms with Gasteiger partial charge in [-0.2, -0.15) is 0 Å². The molecule has 1 aliphatic rings. The molecule has 0 radical (unpaired) electrons. The Labute approximate surface area is 169 Å². The molecule has 2 heterocycles. The number of aromatic nitrogens is 1. The van der Waals surface area contributed by atoms with Gasteiger partial charge in [0.25, 0.3) is 0 Å². The fraction of sp³-hybridized carbons (Fsp3) is 0.304. The number of aliphatic hydroxyl groups excluding tert-OH is 1. The quantitative estimate of drug-likeness (QED) is 0.693. The molecule has 0 bridgehead atoms. The highest BCUT2D eigenvalue weighted by Crippen LogP contribution is 2.36. The predicted molar refractivity (Wildman–Crippen MR) is 112 cm³/mol. The van der Waals surface area contributed by atoms with Gasteiger partial charge in [-0.05, 0) is 42.8 Å². The number of rotatable bonds is 5. The molecule has 1 aromatic heterocycles. The maximum absolute atomic E-state index is 11.2. The van der Waals surface area contributed by atoms with E-state index in [0.717, 1.165) is 36.7 Å².